The molecule has 0 aliphatic carbocycles. The van der Waals surface area contributed by atoms with E-state index in [-0.39, 0.29) is 13.2 Å². The van der Waals surface area contributed by atoms with Gasteiger partial charge in [0.15, 0.2) is 6.61 Å². The van der Waals surface area contributed by atoms with Crippen molar-refractivity contribution in [1.29, 1.82) is 0 Å². The fourth-order valence-electron chi connectivity index (χ4n) is 2.26. The quantitative estimate of drug-likeness (QED) is 0.669. The third kappa shape index (κ3) is 3.77. The van der Waals surface area contributed by atoms with Crippen LogP contribution in [0.25, 0.3) is 5.69 Å². The molecule has 0 saturated heterocycles. The van der Waals surface area contributed by atoms with Gasteiger partial charge in [-0.3, -0.25) is 9.78 Å². The summed E-state index contributed by atoms with van der Waals surface area (Å²) in [5, 5.41) is 2.43. The SMILES string of the molecule is C#CCNC(=O)COC(=O)c1cc(C)n(-c2cccnc2)c1C. The lowest BCUT2D eigenvalue weighted by molar-refractivity contribution is -0.123. The lowest BCUT2D eigenvalue weighted by Gasteiger charge is -2.09. The predicted octanol–water partition coefficient (Wildman–Crippen LogP) is 1.40. The number of hydrogen-bond acceptors (Lipinski definition) is 4. The second kappa shape index (κ2) is 7.27. The van der Waals surface area contributed by atoms with E-state index in [4.69, 9.17) is 11.2 Å². The van der Waals surface area contributed by atoms with Gasteiger partial charge in [-0.15, -0.1) is 6.42 Å². The number of pyridine rings is 1. The summed E-state index contributed by atoms with van der Waals surface area (Å²) in [7, 11) is 0. The highest BCUT2D eigenvalue weighted by atomic mass is 16.5. The Hall–Kier alpha value is -3.07. The molecule has 0 fully saturated rings. The van der Waals surface area contributed by atoms with Crippen LogP contribution < -0.4 is 5.32 Å². The van der Waals surface area contributed by atoms with E-state index in [9.17, 15) is 9.59 Å². The van der Waals surface area contributed by atoms with Gasteiger partial charge in [-0.25, -0.2) is 4.79 Å². The Labute approximate surface area is 134 Å². The first-order valence-corrected chi connectivity index (χ1v) is 7.01. The van der Waals surface area contributed by atoms with Crippen LogP contribution in [0.2, 0.25) is 0 Å². The van der Waals surface area contributed by atoms with E-state index in [1.807, 2.05) is 30.5 Å². The molecular formula is C17H17N3O3. The normalized spacial score (nSPS) is 9.96. The van der Waals surface area contributed by atoms with Gasteiger partial charge in [0.1, 0.15) is 0 Å². The number of terminal acetylenes is 1. The fourth-order valence-corrected chi connectivity index (χ4v) is 2.26. The van der Waals surface area contributed by atoms with E-state index in [0.717, 1.165) is 17.1 Å². The molecule has 0 aromatic carbocycles. The monoisotopic (exact) mass is 311 g/mol. The van der Waals surface area contributed by atoms with Gasteiger partial charge in [0.2, 0.25) is 0 Å². The van der Waals surface area contributed by atoms with Crippen LogP contribution in [0.15, 0.2) is 30.6 Å². The number of amides is 1. The summed E-state index contributed by atoms with van der Waals surface area (Å²) in [4.78, 5) is 27.7. The molecule has 118 valence electrons. The maximum atomic E-state index is 12.2. The third-order valence-corrected chi connectivity index (χ3v) is 3.28. The number of rotatable bonds is 5. The molecule has 1 amide bonds. The maximum absolute atomic E-state index is 12.2. The van der Waals surface area contributed by atoms with Crippen molar-refractivity contribution in [3.8, 4) is 18.0 Å². The van der Waals surface area contributed by atoms with Gasteiger partial charge in [0, 0.05) is 17.6 Å². The number of nitrogens with one attached hydrogen (secondary N) is 1. The Kier molecular flexibility index (Phi) is 5.15. The zero-order valence-electron chi connectivity index (χ0n) is 13.0. The Morgan fingerprint density at radius 2 is 2.22 bits per heavy atom. The molecule has 2 aromatic heterocycles. The molecule has 0 radical (unpaired) electrons. The van der Waals surface area contributed by atoms with Crippen molar-refractivity contribution in [1.82, 2.24) is 14.9 Å². The van der Waals surface area contributed by atoms with Crippen LogP contribution in [0.1, 0.15) is 21.7 Å². The first kappa shape index (κ1) is 16.3. The lowest BCUT2D eigenvalue weighted by atomic mass is 10.2. The lowest BCUT2D eigenvalue weighted by Crippen LogP contribution is -2.29. The summed E-state index contributed by atoms with van der Waals surface area (Å²) < 4.78 is 6.93. The van der Waals surface area contributed by atoms with Gasteiger partial charge in [-0.05, 0) is 32.0 Å². The number of aromatic nitrogens is 2. The number of carbonyl (C=O) groups is 2. The average molecular weight is 311 g/mol. The molecule has 0 bridgehead atoms. The highest BCUT2D eigenvalue weighted by Gasteiger charge is 2.18. The summed E-state index contributed by atoms with van der Waals surface area (Å²) in [5.41, 5.74) is 2.87. The van der Waals surface area contributed by atoms with E-state index in [2.05, 4.69) is 16.2 Å². The van der Waals surface area contributed by atoms with Gasteiger partial charge < -0.3 is 14.6 Å². The summed E-state index contributed by atoms with van der Waals surface area (Å²) in [6.45, 7) is 3.44. The number of nitrogens with zero attached hydrogens (tertiary/aromatic N) is 2. The number of hydrogen-bond donors (Lipinski definition) is 1. The van der Waals surface area contributed by atoms with Crippen molar-refractivity contribution >= 4 is 11.9 Å². The van der Waals surface area contributed by atoms with Crippen molar-refractivity contribution in [2.24, 2.45) is 0 Å². The van der Waals surface area contributed by atoms with Crippen LogP contribution in [0.4, 0.5) is 0 Å². The molecule has 0 saturated carbocycles. The zero-order chi connectivity index (χ0) is 16.8. The number of ether oxygens (including phenoxy) is 1. The summed E-state index contributed by atoms with van der Waals surface area (Å²) in [6.07, 6.45) is 8.43. The molecule has 2 aromatic rings. The Morgan fingerprint density at radius 1 is 1.43 bits per heavy atom. The summed E-state index contributed by atoms with van der Waals surface area (Å²) in [5.74, 6) is 1.29. The van der Waals surface area contributed by atoms with E-state index >= 15 is 0 Å². The Bertz CT molecular complexity index is 757. The second-order valence-corrected chi connectivity index (χ2v) is 4.89. The largest absolute Gasteiger partial charge is 0.452 e. The molecule has 23 heavy (non-hydrogen) atoms. The minimum Gasteiger partial charge on any atom is -0.452 e. The molecular weight excluding hydrogens is 294 g/mol. The molecule has 6 nitrogen and oxygen atoms in total. The van der Waals surface area contributed by atoms with E-state index < -0.39 is 11.9 Å². The van der Waals surface area contributed by atoms with E-state index in [0.29, 0.717) is 5.56 Å². The van der Waals surface area contributed by atoms with E-state index in [1.165, 1.54) is 0 Å². The fraction of sp³-hybridized carbons (Fsp3) is 0.235. The van der Waals surface area contributed by atoms with Crippen LogP contribution >= 0.6 is 0 Å². The van der Waals surface area contributed by atoms with Crippen LogP contribution in [0.5, 0.6) is 0 Å². The molecule has 6 heteroatoms. The topological polar surface area (TPSA) is 73.2 Å². The highest BCUT2D eigenvalue weighted by Crippen LogP contribution is 2.20. The minimum atomic E-state index is -0.552. The van der Waals surface area contributed by atoms with Crippen LogP contribution in [0, 0.1) is 26.2 Å². The standard InChI is InChI=1S/C17H17N3O3/c1-4-7-19-16(21)11-23-17(22)15-9-12(2)20(13(15)3)14-6-5-8-18-10-14/h1,5-6,8-10H,7,11H2,2-3H3,(H,19,21). The molecule has 0 aliphatic rings. The van der Waals surface area contributed by atoms with Crippen molar-refractivity contribution in [3.05, 3.63) is 47.5 Å². The minimum absolute atomic E-state index is 0.103. The third-order valence-electron chi connectivity index (χ3n) is 3.28. The summed E-state index contributed by atoms with van der Waals surface area (Å²) >= 11 is 0. The van der Waals surface area contributed by atoms with E-state index in [1.54, 1.807) is 18.5 Å². The summed E-state index contributed by atoms with van der Waals surface area (Å²) in [6, 6.07) is 5.45. The Balaban J connectivity index is 2.14. The number of carbonyl (C=O) groups excluding carboxylic acids is 2. The first-order valence-electron chi connectivity index (χ1n) is 7.01. The molecule has 1 N–H and O–H groups in total. The van der Waals surface area contributed by atoms with Crippen molar-refractivity contribution < 1.29 is 14.3 Å². The molecule has 2 heterocycles. The van der Waals surface area contributed by atoms with Crippen LogP contribution in [-0.4, -0.2) is 34.6 Å². The second-order valence-electron chi connectivity index (χ2n) is 4.89. The molecule has 0 spiro atoms. The predicted molar refractivity (Wildman–Crippen MR) is 85.2 cm³/mol. The highest BCUT2D eigenvalue weighted by molar-refractivity contribution is 5.93. The smallest absolute Gasteiger partial charge is 0.340 e. The number of esters is 1. The molecule has 2 rings (SSSR count). The van der Waals surface area contributed by atoms with Gasteiger partial charge in [-0.1, -0.05) is 5.92 Å². The van der Waals surface area contributed by atoms with Crippen molar-refractivity contribution in [3.63, 3.8) is 0 Å². The van der Waals surface area contributed by atoms with Crippen molar-refractivity contribution in [2.75, 3.05) is 13.2 Å². The Morgan fingerprint density at radius 3 is 2.87 bits per heavy atom. The van der Waals surface area contributed by atoms with Gasteiger partial charge >= 0.3 is 5.97 Å². The number of aryl methyl sites for hydroxylation is 1. The van der Waals surface area contributed by atoms with Gasteiger partial charge in [-0.2, -0.15) is 0 Å². The zero-order valence-corrected chi connectivity index (χ0v) is 13.0. The molecule has 0 aliphatic heterocycles. The average Bonchev–Trinajstić information content (AvgIpc) is 2.86. The van der Waals surface area contributed by atoms with Crippen LogP contribution in [-0.2, 0) is 9.53 Å². The first-order chi connectivity index (χ1) is 11.0. The molecule has 0 atom stereocenters. The van der Waals surface area contributed by atoms with Crippen LogP contribution in [0.3, 0.4) is 0 Å². The van der Waals surface area contributed by atoms with Gasteiger partial charge in [0.25, 0.3) is 5.91 Å². The van der Waals surface area contributed by atoms with Crippen molar-refractivity contribution in [2.45, 2.75) is 13.8 Å². The van der Waals surface area contributed by atoms with Gasteiger partial charge in [0.05, 0.1) is 24.0 Å². The molecule has 0 unspecified atom stereocenters. The maximum Gasteiger partial charge on any atom is 0.340 e.